The number of esters is 1. The Bertz CT molecular complexity index is 266. The maximum atomic E-state index is 12.0. The predicted molar refractivity (Wildman–Crippen MR) is 74.7 cm³/mol. The molecule has 0 saturated carbocycles. The van der Waals surface area contributed by atoms with Crippen LogP contribution in [-0.4, -0.2) is 64.8 Å². The highest BCUT2D eigenvalue weighted by atomic mass is 16.6. The average Bonchev–Trinajstić information content (AvgIpc) is 2.95. The summed E-state index contributed by atoms with van der Waals surface area (Å²) in [5.41, 5.74) is -0.469. The van der Waals surface area contributed by atoms with Crippen molar-refractivity contribution in [2.45, 2.75) is 31.7 Å². The van der Waals surface area contributed by atoms with Gasteiger partial charge >= 0.3 is 5.97 Å². The van der Waals surface area contributed by atoms with Crippen molar-refractivity contribution in [3.63, 3.8) is 0 Å². The first kappa shape index (κ1) is 17.4. The molecule has 6 nitrogen and oxygen atoms in total. The normalized spacial score (nSPS) is 22.1. The summed E-state index contributed by atoms with van der Waals surface area (Å²) in [5, 5.41) is 3.25. The summed E-state index contributed by atoms with van der Waals surface area (Å²) in [6.07, 6.45) is 2.65. The zero-order chi connectivity index (χ0) is 14.7. The number of methoxy groups -OCH3 is 1. The second-order valence-electron chi connectivity index (χ2n) is 4.82. The van der Waals surface area contributed by atoms with Crippen LogP contribution in [-0.2, 0) is 23.7 Å². The van der Waals surface area contributed by atoms with Crippen LogP contribution in [0.4, 0.5) is 0 Å². The second-order valence-corrected chi connectivity index (χ2v) is 4.82. The maximum Gasteiger partial charge on any atom is 0.326 e. The third kappa shape index (κ3) is 5.75. The van der Waals surface area contributed by atoms with Gasteiger partial charge in [-0.3, -0.25) is 4.79 Å². The minimum Gasteiger partial charge on any atom is -0.462 e. The molecule has 0 radical (unpaired) electrons. The summed E-state index contributed by atoms with van der Waals surface area (Å²) in [7, 11) is 1.64. The van der Waals surface area contributed by atoms with Crippen LogP contribution >= 0.6 is 0 Å². The van der Waals surface area contributed by atoms with Gasteiger partial charge in [-0.15, -0.1) is 0 Å². The summed E-state index contributed by atoms with van der Waals surface area (Å²) in [5.74, 6) is -0.155. The number of nitrogens with one attached hydrogen (secondary N) is 1. The monoisotopic (exact) mass is 289 g/mol. The molecule has 6 heteroatoms. The highest BCUT2D eigenvalue weighted by molar-refractivity contribution is 5.81. The van der Waals surface area contributed by atoms with Gasteiger partial charge in [-0.2, -0.15) is 0 Å². The molecule has 1 atom stereocenters. The lowest BCUT2D eigenvalue weighted by Gasteiger charge is -2.25. The van der Waals surface area contributed by atoms with Crippen LogP contribution in [0.2, 0.25) is 0 Å². The Morgan fingerprint density at radius 3 is 2.30 bits per heavy atom. The summed E-state index contributed by atoms with van der Waals surface area (Å²) >= 11 is 0. The Morgan fingerprint density at radius 1 is 1.10 bits per heavy atom. The van der Waals surface area contributed by atoms with Gasteiger partial charge in [0.15, 0.2) is 0 Å². The van der Waals surface area contributed by atoms with E-state index in [1.807, 2.05) is 6.92 Å². The van der Waals surface area contributed by atoms with E-state index in [2.05, 4.69) is 5.32 Å². The number of carbonyl (C=O) groups is 1. The maximum absolute atomic E-state index is 12.0. The molecule has 1 aliphatic rings. The summed E-state index contributed by atoms with van der Waals surface area (Å²) in [6, 6.07) is 0. The van der Waals surface area contributed by atoms with Gasteiger partial charge in [0.2, 0.25) is 0 Å². The molecule has 1 heterocycles. The fraction of sp³-hybridized carbons (Fsp3) is 0.929. The number of rotatable bonds is 11. The lowest BCUT2D eigenvalue weighted by molar-refractivity contribution is -0.153. The highest BCUT2D eigenvalue weighted by Gasteiger charge is 2.40. The molecule has 118 valence electrons. The van der Waals surface area contributed by atoms with Gasteiger partial charge in [-0.05, 0) is 25.8 Å². The third-order valence-electron chi connectivity index (χ3n) is 3.50. The molecule has 1 N–H and O–H groups in total. The Morgan fingerprint density at radius 2 is 1.75 bits per heavy atom. The van der Waals surface area contributed by atoms with Crippen LogP contribution < -0.4 is 5.32 Å². The summed E-state index contributed by atoms with van der Waals surface area (Å²) in [6.45, 7) is 5.77. The lowest BCUT2D eigenvalue weighted by atomic mass is 9.94. The molecule has 0 aromatic rings. The zero-order valence-corrected chi connectivity index (χ0v) is 12.6. The van der Waals surface area contributed by atoms with E-state index in [4.69, 9.17) is 18.9 Å². The van der Waals surface area contributed by atoms with E-state index in [1.54, 1.807) is 7.11 Å². The van der Waals surface area contributed by atoms with Gasteiger partial charge in [0.25, 0.3) is 0 Å². The molecular formula is C14H27NO5. The molecule has 20 heavy (non-hydrogen) atoms. The van der Waals surface area contributed by atoms with E-state index in [-0.39, 0.29) is 5.97 Å². The van der Waals surface area contributed by atoms with E-state index in [0.717, 1.165) is 25.8 Å². The van der Waals surface area contributed by atoms with E-state index in [1.165, 1.54) is 0 Å². The van der Waals surface area contributed by atoms with Crippen LogP contribution in [0.1, 0.15) is 26.2 Å². The van der Waals surface area contributed by atoms with E-state index in [0.29, 0.717) is 39.6 Å². The van der Waals surface area contributed by atoms with Crippen LogP contribution in [0, 0.1) is 0 Å². The van der Waals surface area contributed by atoms with Crippen molar-refractivity contribution in [3.8, 4) is 0 Å². The minimum absolute atomic E-state index is 0.155. The Balaban J connectivity index is 1.99. The molecule has 0 spiro atoms. The highest BCUT2D eigenvalue weighted by Crippen LogP contribution is 2.24. The summed E-state index contributed by atoms with van der Waals surface area (Å²) < 4.78 is 20.7. The first-order valence-corrected chi connectivity index (χ1v) is 7.32. The molecule has 0 aromatic heterocycles. The van der Waals surface area contributed by atoms with Crippen molar-refractivity contribution >= 4 is 5.97 Å². The van der Waals surface area contributed by atoms with Crippen molar-refractivity contribution in [3.05, 3.63) is 0 Å². The average molecular weight is 289 g/mol. The number of hydrogen-bond donors (Lipinski definition) is 1. The largest absolute Gasteiger partial charge is 0.462 e. The number of ether oxygens (including phenoxy) is 4. The third-order valence-corrected chi connectivity index (χ3v) is 3.50. The molecule has 0 amide bonds. The van der Waals surface area contributed by atoms with Crippen molar-refractivity contribution in [1.29, 1.82) is 0 Å². The van der Waals surface area contributed by atoms with Gasteiger partial charge in [0, 0.05) is 7.11 Å². The topological polar surface area (TPSA) is 66.0 Å². The number of hydrogen-bond acceptors (Lipinski definition) is 6. The Labute approximate surface area is 121 Å². The SMILES string of the molecule is CCC1(C(=O)OCCOCCOCCOC)CCCN1. The molecule has 0 bridgehead atoms. The molecule has 1 aliphatic heterocycles. The molecular weight excluding hydrogens is 262 g/mol. The van der Waals surface area contributed by atoms with E-state index in [9.17, 15) is 4.79 Å². The fourth-order valence-electron chi connectivity index (χ4n) is 2.22. The summed E-state index contributed by atoms with van der Waals surface area (Å²) in [4.78, 5) is 12.0. The van der Waals surface area contributed by atoms with Crippen LogP contribution in [0.5, 0.6) is 0 Å². The van der Waals surface area contributed by atoms with Gasteiger partial charge in [0.1, 0.15) is 12.1 Å². The minimum atomic E-state index is -0.469. The van der Waals surface area contributed by atoms with Crippen molar-refractivity contribution in [2.24, 2.45) is 0 Å². The molecule has 0 aliphatic carbocycles. The molecule has 1 saturated heterocycles. The van der Waals surface area contributed by atoms with Crippen LogP contribution in [0.15, 0.2) is 0 Å². The molecule has 0 aromatic carbocycles. The van der Waals surface area contributed by atoms with Gasteiger partial charge in [0.05, 0.1) is 33.0 Å². The molecule has 1 rings (SSSR count). The fourth-order valence-corrected chi connectivity index (χ4v) is 2.22. The van der Waals surface area contributed by atoms with Crippen LogP contribution in [0.3, 0.4) is 0 Å². The van der Waals surface area contributed by atoms with Crippen LogP contribution in [0.25, 0.3) is 0 Å². The second kappa shape index (κ2) is 10.1. The number of carbonyl (C=O) groups excluding carboxylic acids is 1. The Hall–Kier alpha value is -0.690. The Kier molecular flexibility index (Phi) is 8.77. The van der Waals surface area contributed by atoms with Crippen molar-refractivity contribution in [1.82, 2.24) is 5.32 Å². The zero-order valence-electron chi connectivity index (χ0n) is 12.6. The quantitative estimate of drug-likeness (QED) is 0.447. The standard InChI is InChI=1S/C14H27NO5/c1-3-14(5-4-6-15-14)13(16)20-12-11-19-10-9-18-8-7-17-2/h15H,3-12H2,1-2H3. The van der Waals surface area contributed by atoms with Gasteiger partial charge < -0.3 is 24.3 Å². The predicted octanol–water partition coefficient (Wildman–Crippen LogP) is 0.741. The van der Waals surface area contributed by atoms with Gasteiger partial charge in [-0.25, -0.2) is 0 Å². The van der Waals surface area contributed by atoms with E-state index < -0.39 is 5.54 Å². The first-order chi connectivity index (χ1) is 9.75. The van der Waals surface area contributed by atoms with Crippen molar-refractivity contribution in [2.75, 3.05) is 53.3 Å². The molecule has 1 unspecified atom stereocenters. The van der Waals surface area contributed by atoms with E-state index >= 15 is 0 Å². The lowest BCUT2D eigenvalue weighted by Crippen LogP contribution is -2.48. The first-order valence-electron chi connectivity index (χ1n) is 7.32. The molecule has 1 fully saturated rings. The van der Waals surface area contributed by atoms with Gasteiger partial charge in [-0.1, -0.05) is 6.92 Å². The smallest absolute Gasteiger partial charge is 0.326 e. The van der Waals surface area contributed by atoms with Crippen molar-refractivity contribution < 1.29 is 23.7 Å².